The molecule has 0 bridgehead atoms. The molecule has 0 fully saturated rings. The van der Waals surface area contributed by atoms with Crippen LogP contribution in [-0.4, -0.2) is 36.7 Å². The summed E-state index contributed by atoms with van der Waals surface area (Å²) in [6.45, 7) is 5.66. The highest BCUT2D eigenvalue weighted by atomic mass is 16.5. The topological polar surface area (TPSA) is 117 Å². The fourth-order valence-electron chi connectivity index (χ4n) is 2.51. The molecule has 0 aliphatic carbocycles. The van der Waals surface area contributed by atoms with Crippen LogP contribution in [0.3, 0.4) is 0 Å². The summed E-state index contributed by atoms with van der Waals surface area (Å²) >= 11 is 0. The SMILES string of the molecule is CCOc1cc2c(cc1/C=C/C(=O)O[C@@H](C)C(=O)NC(N)=O)O[C@H](C)C2. The summed E-state index contributed by atoms with van der Waals surface area (Å²) in [5.74, 6) is -0.153. The third-order valence-electron chi connectivity index (χ3n) is 3.64. The Bertz CT molecular complexity index is 743. The third kappa shape index (κ3) is 4.98. The van der Waals surface area contributed by atoms with Crippen molar-refractivity contribution >= 4 is 24.0 Å². The lowest BCUT2D eigenvalue weighted by molar-refractivity contribution is -0.149. The van der Waals surface area contributed by atoms with Gasteiger partial charge >= 0.3 is 12.0 Å². The van der Waals surface area contributed by atoms with Gasteiger partial charge in [-0.3, -0.25) is 10.1 Å². The normalized spacial score (nSPS) is 16.5. The van der Waals surface area contributed by atoms with Crippen molar-refractivity contribution in [1.82, 2.24) is 5.32 Å². The van der Waals surface area contributed by atoms with Crippen LogP contribution < -0.4 is 20.5 Å². The zero-order valence-corrected chi connectivity index (χ0v) is 14.9. The maximum absolute atomic E-state index is 11.9. The largest absolute Gasteiger partial charge is 0.493 e. The van der Waals surface area contributed by atoms with Crippen LogP contribution >= 0.6 is 0 Å². The van der Waals surface area contributed by atoms with E-state index in [0.717, 1.165) is 17.7 Å². The lowest BCUT2D eigenvalue weighted by Gasteiger charge is -2.11. The Morgan fingerprint density at radius 2 is 2.15 bits per heavy atom. The Labute approximate surface area is 151 Å². The summed E-state index contributed by atoms with van der Waals surface area (Å²) in [7, 11) is 0. The highest BCUT2D eigenvalue weighted by molar-refractivity contribution is 5.97. The van der Waals surface area contributed by atoms with Crippen molar-refractivity contribution < 1.29 is 28.6 Å². The number of esters is 1. The number of carbonyl (C=O) groups excluding carboxylic acids is 3. The van der Waals surface area contributed by atoms with Crippen molar-refractivity contribution in [2.75, 3.05) is 6.61 Å². The highest BCUT2D eigenvalue weighted by Crippen LogP contribution is 2.35. The molecular formula is C18H22N2O6. The zero-order chi connectivity index (χ0) is 19.3. The van der Waals surface area contributed by atoms with E-state index in [2.05, 4.69) is 0 Å². The Hall–Kier alpha value is -3.03. The number of fused-ring (bicyclic) bond motifs is 1. The molecule has 0 saturated heterocycles. The molecule has 3 N–H and O–H groups in total. The molecule has 0 spiro atoms. The molecule has 1 aromatic rings. The van der Waals surface area contributed by atoms with Gasteiger partial charge in [-0.2, -0.15) is 0 Å². The molecular weight excluding hydrogens is 340 g/mol. The van der Waals surface area contributed by atoms with Gasteiger partial charge in [0.1, 0.15) is 17.6 Å². The van der Waals surface area contributed by atoms with E-state index < -0.39 is 24.0 Å². The summed E-state index contributed by atoms with van der Waals surface area (Å²) in [6, 6.07) is 2.69. The number of benzene rings is 1. The number of carbonyl (C=O) groups is 3. The number of hydrogen-bond donors (Lipinski definition) is 2. The predicted octanol–water partition coefficient (Wildman–Crippen LogP) is 1.55. The molecule has 0 aromatic heterocycles. The first-order chi connectivity index (χ1) is 12.3. The molecule has 3 amide bonds. The quantitative estimate of drug-likeness (QED) is 0.586. The van der Waals surface area contributed by atoms with E-state index in [1.165, 1.54) is 19.1 Å². The van der Waals surface area contributed by atoms with Crippen LogP contribution in [0.5, 0.6) is 11.5 Å². The molecule has 140 valence electrons. The van der Waals surface area contributed by atoms with E-state index >= 15 is 0 Å². The van der Waals surface area contributed by atoms with Gasteiger partial charge in [0.25, 0.3) is 5.91 Å². The lowest BCUT2D eigenvalue weighted by atomic mass is 10.1. The molecule has 8 heteroatoms. The lowest BCUT2D eigenvalue weighted by Crippen LogP contribution is -2.42. The van der Waals surface area contributed by atoms with Gasteiger partial charge in [0, 0.05) is 23.6 Å². The van der Waals surface area contributed by atoms with Crippen LogP contribution in [-0.2, 0) is 20.7 Å². The number of amides is 3. The molecule has 1 heterocycles. The monoisotopic (exact) mass is 362 g/mol. The minimum Gasteiger partial charge on any atom is -0.493 e. The van der Waals surface area contributed by atoms with Crippen LogP contribution in [0, 0.1) is 0 Å². The van der Waals surface area contributed by atoms with Gasteiger partial charge in [0.2, 0.25) is 0 Å². The first-order valence-corrected chi connectivity index (χ1v) is 8.25. The van der Waals surface area contributed by atoms with Crippen LogP contribution in [0.1, 0.15) is 31.9 Å². The van der Waals surface area contributed by atoms with Gasteiger partial charge in [-0.1, -0.05) is 0 Å². The van der Waals surface area contributed by atoms with Gasteiger partial charge in [0.05, 0.1) is 6.61 Å². The van der Waals surface area contributed by atoms with E-state index in [9.17, 15) is 14.4 Å². The number of nitrogens with one attached hydrogen (secondary N) is 1. The predicted molar refractivity (Wildman–Crippen MR) is 93.7 cm³/mol. The van der Waals surface area contributed by atoms with E-state index in [-0.39, 0.29) is 6.10 Å². The first kappa shape index (κ1) is 19.3. The van der Waals surface area contributed by atoms with Crippen LogP contribution in [0.2, 0.25) is 0 Å². The van der Waals surface area contributed by atoms with Gasteiger partial charge in [-0.25, -0.2) is 9.59 Å². The number of rotatable bonds is 6. The fourth-order valence-corrected chi connectivity index (χ4v) is 2.51. The smallest absolute Gasteiger partial charge is 0.331 e. The summed E-state index contributed by atoms with van der Waals surface area (Å²) < 4.78 is 16.3. The average Bonchev–Trinajstić information content (AvgIpc) is 2.91. The van der Waals surface area contributed by atoms with E-state index in [1.54, 1.807) is 6.07 Å². The number of hydrogen-bond acceptors (Lipinski definition) is 6. The molecule has 8 nitrogen and oxygen atoms in total. The maximum atomic E-state index is 11.9. The zero-order valence-electron chi connectivity index (χ0n) is 14.9. The second-order valence-electron chi connectivity index (χ2n) is 5.83. The van der Waals surface area contributed by atoms with Crippen LogP contribution in [0.25, 0.3) is 6.08 Å². The van der Waals surface area contributed by atoms with Crippen LogP contribution in [0.15, 0.2) is 18.2 Å². The molecule has 0 saturated carbocycles. The van der Waals surface area contributed by atoms with Crippen molar-refractivity contribution in [3.63, 3.8) is 0 Å². The highest BCUT2D eigenvalue weighted by Gasteiger charge is 2.22. The van der Waals surface area contributed by atoms with Crippen molar-refractivity contribution in [1.29, 1.82) is 0 Å². The minimum absolute atomic E-state index is 0.0910. The standard InChI is InChI=1S/C18H22N2O6/c1-4-24-14-9-13-7-10(2)25-15(13)8-12(14)5-6-16(21)26-11(3)17(22)20-18(19)23/h5-6,8-11H,4,7H2,1-3H3,(H3,19,20,22,23)/b6-5+/t10-,11+/m1/s1. The van der Waals surface area contributed by atoms with Crippen LogP contribution in [0.4, 0.5) is 4.79 Å². The first-order valence-electron chi connectivity index (χ1n) is 8.25. The number of urea groups is 1. The van der Waals surface area contributed by atoms with Crippen molar-refractivity contribution in [3.05, 3.63) is 29.3 Å². The molecule has 2 atom stereocenters. The molecule has 2 rings (SSSR count). The molecule has 26 heavy (non-hydrogen) atoms. The van der Waals surface area contributed by atoms with Crippen molar-refractivity contribution in [2.24, 2.45) is 5.73 Å². The third-order valence-corrected chi connectivity index (χ3v) is 3.64. The Morgan fingerprint density at radius 1 is 1.42 bits per heavy atom. The van der Waals surface area contributed by atoms with Crippen molar-refractivity contribution in [2.45, 2.75) is 39.4 Å². The second kappa shape index (κ2) is 8.37. The van der Waals surface area contributed by atoms with E-state index in [0.29, 0.717) is 17.9 Å². The molecule has 0 radical (unpaired) electrons. The summed E-state index contributed by atoms with van der Waals surface area (Å²) in [5.41, 5.74) is 6.56. The van der Waals surface area contributed by atoms with Gasteiger partial charge in [0.15, 0.2) is 6.10 Å². The number of imide groups is 1. The average molecular weight is 362 g/mol. The molecule has 0 unspecified atom stereocenters. The molecule has 1 aliphatic rings. The van der Waals surface area contributed by atoms with E-state index in [4.69, 9.17) is 19.9 Å². The molecule has 1 aromatic carbocycles. The number of primary amides is 1. The molecule has 1 aliphatic heterocycles. The van der Waals surface area contributed by atoms with E-state index in [1.807, 2.05) is 25.2 Å². The minimum atomic E-state index is -1.16. The Morgan fingerprint density at radius 3 is 2.81 bits per heavy atom. The van der Waals surface area contributed by atoms with Gasteiger partial charge in [-0.05, 0) is 39.0 Å². The number of ether oxygens (including phenoxy) is 3. The van der Waals surface area contributed by atoms with Gasteiger partial charge < -0.3 is 19.9 Å². The maximum Gasteiger partial charge on any atom is 0.331 e. The Kier molecular flexibility index (Phi) is 6.21. The Balaban J connectivity index is 2.09. The number of nitrogens with two attached hydrogens (primary N) is 1. The van der Waals surface area contributed by atoms with Gasteiger partial charge in [-0.15, -0.1) is 0 Å². The second-order valence-corrected chi connectivity index (χ2v) is 5.83. The summed E-state index contributed by atoms with van der Waals surface area (Å²) in [4.78, 5) is 34.0. The fraction of sp³-hybridized carbons (Fsp3) is 0.389. The van der Waals surface area contributed by atoms with Crippen molar-refractivity contribution in [3.8, 4) is 11.5 Å². The summed E-state index contributed by atoms with van der Waals surface area (Å²) in [6.07, 6.45) is 2.44. The summed E-state index contributed by atoms with van der Waals surface area (Å²) in [5, 5.41) is 1.84.